The van der Waals surface area contributed by atoms with Crippen LogP contribution in [0.4, 0.5) is 0 Å². The molecule has 0 heterocycles. The molecule has 0 saturated carbocycles. The van der Waals surface area contributed by atoms with Gasteiger partial charge in [-0.15, -0.1) is 0 Å². The second-order valence-electron chi connectivity index (χ2n) is 6.20. The second kappa shape index (κ2) is 8.32. The monoisotopic (exact) mass is 390 g/mol. The van der Waals surface area contributed by atoms with Gasteiger partial charge in [0.25, 0.3) is 0 Å². The molecule has 7 nitrogen and oxygen atoms in total. The van der Waals surface area contributed by atoms with Crippen molar-refractivity contribution in [3.8, 4) is 0 Å². The van der Waals surface area contributed by atoms with E-state index in [0.717, 1.165) is 15.4 Å². The van der Waals surface area contributed by atoms with Crippen molar-refractivity contribution < 1.29 is 23.1 Å². The summed E-state index contributed by atoms with van der Waals surface area (Å²) in [5.41, 5.74) is 2.12. The fraction of sp³-hybridized carbons (Fsp3) is 0.263. The highest BCUT2D eigenvalue weighted by Gasteiger charge is 2.27. The van der Waals surface area contributed by atoms with Crippen LogP contribution in [-0.2, 0) is 19.6 Å². The lowest BCUT2D eigenvalue weighted by Crippen LogP contribution is -2.42. The summed E-state index contributed by atoms with van der Waals surface area (Å²) in [7, 11) is -2.57. The normalized spacial score (nSPS) is 12.6. The fourth-order valence-corrected chi connectivity index (χ4v) is 3.77. The number of aryl methyl sites for hydroxylation is 1. The molecule has 144 valence electrons. The molecule has 0 fully saturated rings. The number of carbonyl (C=O) groups is 2. The van der Waals surface area contributed by atoms with Crippen molar-refractivity contribution in [3.63, 3.8) is 0 Å². The zero-order valence-corrected chi connectivity index (χ0v) is 16.2. The largest absolute Gasteiger partial charge is 0.479 e. The molecule has 0 bridgehead atoms. The van der Waals surface area contributed by atoms with Crippen LogP contribution in [0.15, 0.2) is 53.4 Å². The first kappa shape index (κ1) is 20.6. The topological polar surface area (TPSA) is 104 Å². The Bertz CT molecular complexity index is 942. The number of carbonyl (C=O) groups excluding carboxylic acids is 1. The molecular weight excluding hydrogens is 368 g/mol. The first-order valence-corrected chi connectivity index (χ1v) is 9.68. The van der Waals surface area contributed by atoms with Gasteiger partial charge in [0, 0.05) is 7.05 Å². The molecule has 2 aromatic carbocycles. The number of hydrogen-bond acceptors (Lipinski definition) is 4. The van der Waals surface area contributed by atoms with Crippen LogP contribution < -0.4 is 5.32 Å². The maximum Gasteiger partial charge on any atom is 0.330 e. The van der Waals surface area contributed by atoms with E-state index in [1.807, 2.05) is 13.0 Å². The number of rotatable bonds is 7. The van der Waals surface area contributed by atoms with Gasteiger partial charge < -0.3 is 10.4 Å². The maximum absolute atomic E-state index is 12.5. The van der Waals surface area contributed by atoms with Gasteiger partial charge >= 0.3 is 5.97 Å². The Morgan fingerprint density at radius 2 is 1.70 bits per heavy atom. The van der Waals surface area contributed by atoms with Gasteiger partial charge in [0.15, 0.2) is 6.04 Å². The molecule has 2 aromatic rings. The van der Waals surface area contributed by atoms with Crippen molar-refractivity contribution in [3.05, 3.63) is 65.2 Å². The summed E-state index contributed by atoms with van der Waals surface area (Å²) in [6.07, 6.45) is 0. The third kappa shape index (κ3) is 4.72. The van der Waals surface area contributed by atoms with Crippen molar-refractivity contribution in [1.82, 2.24) is 9.62 Å². The lowest BCUT2D eigenvalue weighted by atomic mass is 9.97. The molecule has 27 heavy (non-hydrogen) atoms. The highest BCUT2D eigenvalue weighted by Crippen LogP contribution is 2.21. The lowest BCUT2D eigenvalue weighted by Gasteiger charge is -2.21. The van der Waals surface area contributed by atoms with Crippen LogP contribution in [0.2, 0.25) is 0 Å². The standard InChI is InChI=1S/C19H22N2O5S/c1-13-8-7-11-16(14(13)2)18(19(23)24)20-17(22)12-21(3)27(25,26)15-9-5-4-6-10-15/h4-11,18H,12H2,1-3H3,(H,20,22)(H,23,24). The number of aliphatic carboxylic acids is 1. The van der Waals surface area contributed by atoms with Crippen LogP contribution in [0.3, 0.4) is 0 Å². The summed E-state index contributed by atoms with van der Waals surface area (Å²) in [5, 5.41) is 11.9. The number of nitrogens with one attached hydrogen (secondary N) is 1. The van der Waals surface area contributed by atoms with Gasteiger partial charge in [0.1, 0.15) is 0 Å². The van der Waals surface area contributed by atoms with Gasteiger partial charge in [0.05, 0.1) is 11.4 Å². The molecule has 1 amide bonds. The molecule has 2 N–H and O–H groups in total. The van der Waals surface area contributed by atoms with Gasteiger partial charge in [-0.3, -0.25) is 4.79 Å². The molecule has 0 saturated heterocycles. The molecule has 0 aliphatic heterocycles. The molecule has 1 unspecified atom stereocenters. The summed E-state index contributed by atoms with van der Waals surface area (Å²) in [5.74, 6) is -1.92. The van der Waals surface area contributed by atoms with Crippen LogP contribution in [-0.4, -0.2) is 43.3 Å². The van der Waals surface area contributed by atoms with Gasteiger partial charge in [-0.2, -0.15) is 4.31 Å². The van der Waals surface area contributed by atoms with E-state index in [1.54, 1.807) is 37.3 Å². The average molecular weight is 390 g/mol. The Balaban J connectivity index is 2.17. The van der Waals surface area contributed by atoms with Crippen LogP contribution in [0.25, 0.3) is 0 Å². The van der Waals surface area contributed by atoms with Crippen molar-refractivity contribution >= 4 is 21.9 Å². The Labute approximate surface area is 158 Å². The molecular formula is C19H22N2O5S. The van der Waals surface area contributed by atoms with E-state index in [-0.39, 0.29) is 4.90 Å². The van der Waals surface area contributed by atoms with Crippen LogP contribution in [0.1, 0.15) is 22.7 Å². The van der Waals surface area contributed by atoms with Crippen molar-refractivity contribution in [2.75, 3.05) is 13.6 Å². The van der Waals surface area contributed by atoms with Crippen LogP contribution in [0, 0.1) is 13.8 Å². The number of sulfonamides is 1. The molecule has 0 aromatic heterocycles. The van der Waals surface area contributed by atoms with Gasteiger partial charge in [0.2, 0.25) is 15.9 Å². The van der Waals surface area contributed by atoms with Crippen molar-refractivity contribution in [1.29, 1.82) is 0 Å². The number of likely N-dealkylation sites (N-methyl/N-ethyl adjacent to an activating group) is 1. The predicted molar refractivity (Wildman–Crippen MR) is 101 cm³/mol. The van der Waals surface area contributed by atoms with Crippen molar-refractivity contribution in [2.24, 2.45) is 0 Å². The number of amides is 1. The molecule has 1 atom stereocenters. The Kier molecular flexibility index (Phi) is 6.35. The van der Waals surface area contributed by atoms with Gasteiger partial charge in [-0.25, -0.2) is 13.2 Å². The minimum atomic E-state index is -3.84. The zero-order valence-electron chi connectivity index (χ0n) is 15.3. The number of hydrogen-bond donors (Lipinski definition) is 2. The van der Waals surface area contributed by atoms with E-state index in [4.69, 9.17) is 0 Å². The summed E-state index contributed by atoms with van der Waals surface area (Å²) in [6.45, 7) is 3.13. The Morgan fingerprint density at radius 1 is 1.07 bits per heavy atom. The lowest BCUT2D eigenvalue weighted by molar-refractivity contribution is -0.142. The molecule has 0 radical (unpaired) electrons. The molecule has 2 rings (SSSR count). The number of carboxylic acid groups (broad SMARTS) is 1. The summed E-state index contributed by atoms with van der Waals surface area (Å²) < 4.78 is 25.9. The quantitative estimate of drug-likeness (QED) is 0.751. The highest BCUT2D eigenvalue weighted by atomic mass is 32.2. The first-order chi connectivity index (χ1) is 12.6. The van der Waals surface area contributed by atoms with E-state index in [2.05, 4.69) is 5.32 Å². The number of carboxylic acids is 1. The molecule has 0 aliphatic rings. The van der Waals surface area contributed by atoms with Crippen LogP contribution >= 0.6 is 0 Å². The zero-order chi connectivity index (χ0) is 20.2. The third-order valence-electron chi connectivity index (χ3n) is 4.33. The first-order valence-electron chi connectivity index (χ1n) is 8.24. The maximum atomic E-state index is 12.5. The molecule has 8 heteroatoms. The average Bonchev–Trinajstić information content (AvgIpc) is 2.62. The van der Waals surface area contributed by atoms with Gasteiger partial charge in [-0.05, 0) is 42.7 Å². The van der Waals surface area contributed by atoms with E-state index >= 15 is 0 Å². The van der Waals surface area contributed by atoms with Crippen molar-refractivity contribution in [2.45, 2.75) is 24.8 Å². The molecule has 0 aliphatic carbocycles. The van der Waals surface area contributed by atoms with E-state index in [9.17, 15) is 23.1 Å². The Morgan fingerprint density at radius 3 is 2.30 bits per heavy atom. The predicted octanol–water partition coefficient (Wildman–Crippen LogP) is 1.87. The van der Waals surface area contributed by atoms with Crippen LogP contribution in [0.5, 0.6) is 0 Å². The summed E-state index contributed by atoms with van der Waals surface area (Å²) in [4.78, 5) is 24.1. The van der Waals surface area contributed by atoms with E-state index in [1.165, 1.54) is 19.2 Å². The number of benzene rings is 2. The second-order valence-corrected chi connectivity index (χ2v) is 8.25. The fourth-order valence-electron chi connectivity index (χ4n) is 2.63. The Hall–Kier alpha value is -2.71. The van der Waals surface area contributed by atoms with Gasteiger partial charge in [-0.1, -0.05) is 36.4 Å². The minimum absolute atomic E-state index is 0.0598. The SMILES string of the molecule is Cc1cccc(C(NC(=O)CN(C)S(=O)(=O)c2ccccc2)C(=O)O)c1C. The molecule has 0 spiro atoms. The van der Waals surface area contributed by atoms with E-state index in [0.29, 0.717) is 5.56 Å². The smallest absolute Gasteiger partial charge is 0.330 e. The number of nitrogens with zero attached hydrogens (tertiary/aromatic N) is 1. The minimum Gasteiger partial charge on any atom is -0.479 e. The van der Waals surface area contributed by atoms with E-state index < -0.39 is 34.5 Å². The highest BCUT2D eigenvalue weighted by molar-refractivity contribution is 7.89. The summed E-state index contributed by atoms with van der Waals surface area (Å²) >= 11 is 0. The third-order valence-corrected chi connectivity index (χ3v) is 6.15. The summed E-state index contributed by atoms with van der Waals surface area (Å²) in [6, 6.07) is 11.7.